The zero-order valence-corrected chi connectivity index (χ0v) is 21.3. The minimum atomic E-state index is -0.719. The lowest BCUT2D eigenvalue weighted by Crippen LogP contribution is -2.29. The summed E-state index contributed by atoms with van der Waals surface area (Å²) >= 11 is 0. The molecule has 0 aromatic rings. The van der Waals surface area contributed by atoms with E-state index in [0.29, 0.717) is 25.7 Å². The molecule has 0 heterocycles. The summed E-state index contributed by atoms with van der Waals surface area (Å²) in [6, 6.07) is 0. The Morgan fingerprint density at radius 1 is 0.656 bits per heavy atom. The molecule has 1 aliphatic carbocycles. The molecule has 0 aliphatic heterocycles. The van der Waals surface area contributed by atoms with Crippen molar-refractivity contribution in [1.82, 2.24) is 0 Å². The van der Waals surface area contributed by atoms with Gasteiger partial charge in [-0.25, -0.2) is 0 Å². The molecule has 1 aliphatic rings. The van der Waals surface area contributed by atoms with E-state index in [1.807, 2.05) is 0 Å². The van der Waals surface area contributed by atoms with E-state index in [2.05, 4.69) is 13.8 Å². The molecule has 1 unspecified atom stereocenters. The summed E-state index contributed by atoms with van der Waals surface area (Å²) in [5, 5.41) is 9.18. The normalized spacial score (nSPS) is 19.6. The van der Waals surface area contributed by atoms with Crippen molar-refractivity contribution in [3.8, 4) is 0 Å². The molecule has 0 saturated heterocycles. The molecule has 0 radical (unpaired) electrons. The van der Waals surface area contributed by atoms with Crippen LogP contribution in [0, 0.1) is 11.8 Å². The Morgan fingerprint density at radius 3 is 1.44 bits per heavy atom. The second-order valence-electron chi connectivity index (χ2n) is 10.1. The second-order valence-corrected chi connectivity index (χ2v) is 10.1. The van der Waals surface area contributed by atoms with Gasteiger partial charge in [0.1, 0.15) is 6.10 Å². The predicted octanol–water partition coefficient (Wildman–Crippen LogP) is 8.46. The third-order valence-corrected chi connectivity index (χ3v) is 7.20. The van der Waals surface area contributed by atoms with E-state index >= 15 is 0 Å². The molecule has 1 fully saturated rings. The maximum atomic E-state index is 12.8. The third-order valence-electron chi connectivity index (χ3n) is 7.20. The van der Waals surface area contributed by atoms with Crippen LogP contribution < -0.4 is 0 Å². The molecule has 1 atom stereocenters. The standard InChI is InChI=1S/C28H52O4/c1-3-5-7-9-11-13-15-17-19-26(18-16-14-12-10-8-6-4-2)32-28(31)25-22-20-24(21-23-25)27(29)30/h24-26H,3-23H2,1-2H3,(H,29,30). The minimum absolute atomic E-state index is 0.0513. The van der Waals surface area contributed by atoms with E-state index in [-0.39, 0.29) is 23.9 Å². The van der Waals surface area contributed by atoms with Crippen LogP contribution in [0.5, 0.6) is 0 Å². The largest absolute Gasteiger partial charge is 0.481 e. The molecular weight excluding hydrogens is 400 g/mol. The minimum Gasteiger partial charge on any atom is -0.481 e. The van der Waals surface area contributed by atoms with Crippen molar-refractivity contribution in [2.24, 2.45) is 11.8 Å². The summed E-state index contributed by atoms with van der Waals surface area (Å²) in [5.41, 5.74) is 0. The van der Waals surface area contributed by atoms with Gasteiger partial charge in [-0.2, -0.15) is 0 Å². The first kappa shape index (κ1) is 29.0. The highest BCUT2D eigenvalue weighted by Crippen LogP contribution is 2.30. The highest BCUT2D eigenvalue weighted by molar-refractivity contribution is 5.74. The Bertz CT molecular complexity index is 468. The fraction of sp³-hybridized carbons (Fsp3) is 0.929. The van der Waals surface area contributed by atoms with Gasteiger partial charge in [-0.1, -0.05) is 97.3 Å². The first-order valence-electron chi connectivity index (χ1n) is 14.0. The van der Waals surface area contributed by atoms with Crippen LogP contribution in [0.25, 0.3) is 0 Å². The van der Waals surface area contributed by atoms with E-state index in [4.69, 9.17) is 4.74 Å². The molecule has 0 amide bonds. The average molecular weight is 453 g/mol. The molecule has 0 bridgehead atoms. The van der Waals surface area contributed by atoms with Gasteiger partial charge in [0.25, 0.3) is 0 Å². The van der Waals surface area contributed by atoms with Gasteiger partial charge >= 0.3 is 11.9 Å². The van der Waals surface area contributed by atoms with Crippen LogP contribution >= 0.6 is 0 Å². The molecule has 0 spiro atoms. The lowest BCUT2D eigenvalue weighted by Gasteiger charge is -2.27. The number of hydrogen-bond acceptors (Lipinski definition) is 3. The van der Waals surface area contributed by atoms with Crippen molar-refractivity contribution in [2.75, 3.05) is 0 Å². The number of carbonyl (C=O) groups excluding carboxylic acids is 1. The van der Waals surface area contributed by atoms with Crippen molar-refractivity contribution < 1.29 is 19.4 Å². The second kappa shape index (κ2) is 19.4. The van der Waals surface area contributed by atoms with Crippen LogP contribution in [-0.2, 0) is 14.3 Å². The van der Waals surface area contributed by atoms with E-state index in [9.17, 15) is 14.7 Å². The topological polar surface area (TPSA) is 63.6 Å². The summed E-state index contributed by atoms with van der Waals surface area (Å²) < 4.78 is 6.00. The number of esters is 1. The van der Waals surface area contributed by atoms with E-state index < -0.39 is 5.97 Å². The number of unbranched alkanes of at least 4 members (excludes halogenated alkanes) is 13. The van der Waals surface area contributed by atoms with Crippen LogP contribution in [0.1, 0.15) is 149 Å². The summed E-state index contributed by atoms with van der Waals surface area (Å²) in [6.45, 7) is 4.50. The van der Waals surface area contributed by atoms with Crippen molar-refractivity contribution in [3.63, 3.8) is 0 Å². The average Bonchev–Trinajstić information content (AvgIpc) is 2.79. The molecule has 188 valence electrons. The van der Waals surface area contributed by atoms with Crippen LogP contribution in [0.3, 0.4) is 0 Å². The highest BCUT2D eigenvalue weighted by Gasteiger charge is 2.31. The molecule has 1 rings (SSSR count). The predicted molar refractivity (Wildman–Crippen MR) is 133 cm³/mol. The SMILES string of the molecule is CCCCCCCCCCC(CCCCCCCCC)OC(=O)C1CCC(C(=O)O)CC1. The Balaban J connectivity index is 2.33. The fourth-order valence-electron chi connectivity index (χ4n) is 4.93. The molecule has 4 heteroatoms. The molecule has 4 nitrogen and oxygen atoms in total. The lowest BCUT2D eigenvalue weighted by molar-refractivity contribution is -0.158. The van der Waals surface area contributed by atoms with Gasteiger partial charge in [0.2, 0.25) is 0 Å². The number of carbonyl (C=O) groups is 2. The Morgan fingerprint density at radius 2 is 1.03 bits per heavy atom. The van der Waals surface area contributed by atoms with E-state index in [1.165, 1.54) is 83.5 Å². The van der Waals surface area contributed by atoms with E-state index in [1.54, 1.807) is 0 Å². The highest BCUT2D eigenvalue weighted by atomic mass is 16.5. The van der Waals surface area contributed by atoms with Gasteiger partial charge in [-0.05, 0) is 51.4 Å². The van der Waals surface area contributed by atoms with Crippen molar-refractivity contribution in [1.29, 1.82) is 0 Å². The van der Waals surface area contributed by atoms with Crippen LogP contribution in [0.15, 0.2) is 0 Å². The van der Waals surface area contributed by atoms with Gasteiger partial charge in [0.15, 0.2) is 0 Å². The Labute approximate surface area is 198 Å². The molecular formula is C28H52O4. The Kier molecular flexibility index (Phi) is 17.6. The van der Waals surface area contributed by atoms with Gasteiger partial charge in [-0.3, -0.25) is 9.59 Å². The van der Waals surface area contributed by atoms with Crippen molar-refractivity contribution in [3.05, 3.63) is 0 Å². The number of aliphatic carboxylic acids is 1. The van der Waals surface area contributed by atoms with E-state index in [0.717, 1.165) is 25.7 Å². The maximum absolute atomic E-state index is 12.8. The van der Waals surface area contributed by atoms with Gasteiger partial charge in [0, 0.05) is 0 Å². The van der Waals surface area contributed by atoms with Crippen LogP contribution in [0.4, 0.5) is 0 Å². The summed E-state index contributed by atoms with van der Waals surface area (Å²) in [7, 11) is 0. The number of carboxylic acids is 1. The van der Waals surface area contributed by atoms with Gasteiger partial charge < -0.3 is 9.84 Å². The molecule has 1 saturated carbocycles. The van der Waals surface area contributed by atoms with Gasteiger partial charge in [-0.15, -0.1) is 0 Å². The first-order valence-corrected chi connectivity index (χ1v) is 14.0. The zero-order chi connectivity index (χ0) is 23.4. The summed E-state index contributed by atoms with van der Waals surface area (Å²) in [5.74, 6) is -1.16. The van der Waals surface area contributed by atoms with Gasteiger partial charge in [0.05, 0.1) is 11.8 Å². The number of ether oxygens (including phenoxy) is 1. The number of carboxylic acid groups (broad SMARTS) is 1. The third kappa shape index (κ3) is 14.2. The summed E-state index contributed by atoms with van der Waals surface area (Å²) in [6.07, 6.45) is 23.9. The van der Waals surface area contributed by atoms with Crippen molar-refractivity contribution >= 4 is 11.9 Å². The fourth-order valence-corrected chi connectivity index (χ4v) is 4.93. The summed E-state index contributed by atoms with van der Waals surface area (Å²) in [4.78, 5) is 23.9. The Hall–Kier alpha value is -1.06. The number of rotatable bonds is 20. The lowest BCUT2D eigenvalue weighted by atomic mass is 9.82. The van der Waals surface area contributed by atoms with Crippen LogP contribution in [-0.4, -0.2) is 23.1 Å². The maximum Gasteiger partial charge on any atom is 0.309 e. The van der Waals surface area contributed by atoms with Crippen molar-refractivity contribution in [2.45, 2.75) is 155 Å². The zero-order valence-electron chi connectivity index (χ0n) is 21.3. The smallest absolute Gasteiger partial charge is 0.309 e. The molecule has 32 heavy (non-hydrogen) atoms. The quantitative estimate of drug-likeness (QED) is 0.149. The molecule has 0 aromatic carbocycles. The number of hydrogen-bond donors (Lipinski definition) is 1. The first-order chi connectivity index (χ1) is 15.6. The van der Waals surface area contributed by atoms with Crippen LogP contribution in [0.2, 0.25) is 0 Å². The molecule has 1 N–H and O–H groups in total. The monoisotopic (exact) mass is 452 g/mol. The molecule has 0 aromatic heterocycles.